The highest BCUT2D eigenvalue weighted by Gasteiger charge is 2.18. The molecule has 0 fully saturated rings. The number of hydrogen-bond acceptors (Lipinski definition) is 8. The fourth-order valence-electron chi connectivity index (χ4n) is 2.53. The summed E-state index contributed by atoms with van der Waals surface area (Å²) >= 11 is 0. The number of likely N-dealkylation sites (N-methyl/N-ethyl adjacent to an activating group) is 2. The Bertz CT molecular complexity index is 755. The van der Waals surface area contributed by atoms with Crippen molar-refractivity contribution in [2.45, 2.75) is 50.3 Å². The molecule has 11 heteroatoms. The van der Waals surface area contributed by atoms with Crippen LogP contribution >= 0.6 is 0 Å². The Morgan fingerprint density at radius 1 is 0.657 bits per heavy atom. The fraction of sp³-hybridized carbons (Fsp3) is 0.417. The Morgan fingerprint density at radius 3 is 1.11 bits per heavy atom. The third-order valence-electron chi connectivity index (χ3n) is 5.11. The summed E-state index contributed by atoms with van der Waals surface area (Å²) in [5, 5.41) is 59.3. The Labute approximate surface area is 205 Å². The molecule has 0 saturated heterocycles. The average molecular weight is 499 g/mol. The first-order valence-corrected chi connectivity index (χ1v) is 10.8. The van der Waals surface area contributed by atoms with E-state index < -0.39 is 24.1 Å². The summed E-state index contributed by atoms with van der Waals surface area (Å²) in [6.45, 7) is 4.02. The number of quaternary nitrogens is 2. The van der Waals surface area contributed by atoms with E-state index in [0.717, 1.165) is 11.1 Å². The lowest BCUT2D eigenvalue weighted by Crippen LogP contribution is -2.86. The number of nitrogens with two attached hydrogens (primary N) is 2. The zero-order chi connectivity index (χ0) is 26.3. The van der Waals surface area contributed by atoms with E-state index >= 15 is 0 Å². The van der Waals surface area contributed by atoms with Crippen molar-refractivity contribution in [2.24, 2.45) is 0 Å². The summed E-state index contributed by atoms with van der Waals surface area (Å²) in [5.41, 5.74) is 1.98. The van der Waals surface area contributed by atoms with Crippen LogP contribution in [0.5, 0.6) is 0 Å². The van der Waals surface area contributed by atoms with Crippen LogP contribution in [0.25, 0.3) is 0 Å². The van der Waals surface area contributed by atoms with Gasteiger partial charge in [0, 0.05) is 0 Å². The molecule has 0 radical (unpaired) electrons. The van der Waals surface area contributed by atoms with Crippen LogP contribution in [-0.4, -0.2) is 76.2 Å². The maximum Gasteiger partial charge on any atom is 0.130 e. The van der Waals surface area contributed by atoms with Gasteiger partial charge in [-0.25, -0.2) is 0 Å². The molecule has 10 N–H and O–H groups in total. The van der Waals surface area contributed by atoms with Gasteiger partial charge >= 0.3 is 0 Å². The molecule has 0 bridgehead atoms. The standard InChI is InChI=1S/2C10H15NO.C4H6O6.H2O/c2*1-8(11-2)10(12)9-6-4-3-5-7-9;5-1(3(7)8)2(6)4(9)10;/h2*3-8,10-12H,1-2H3;1-2,5-6H,(H,7,8)(H,9,10);1H2/t2*8-,10-;1-,2-;/m111./s1. The third kappa shape index (κ3) is 12.9. The molecule has 0 aliphatic rings. The van der Waals surface area contributed by atoms with Gasteiger partial charge in [0.25, 0.3) is 0 Å². The van der Waals surface area contributed by atoms with Crippen molar-refractivity contribution in [3.8, 4) is 0 Å². The summed E-state index contributed by atoms with van der Waals surface area (Å²) in [6.07, 6.45) is -5.61. The Kier molecular flexibility index (Phi) is 18.0. The second-order valence-electron chi connectivity index (χ2n) is 7.62. The number of aliphatic carboxylic acids is 2. The van der Waals surface area contributed by atoms with Gasteiger partial charge in [0.05, 0.1) is 26.0 Å². The van der Waals surface area contributed by atoms with Gasteiger partial charge in [-0.1, -0.05) is 60.7 Å². The minimum Gasteiger partial charge on any atom is -0.547 e. The van der Waals surface area contributed by atoms with Gasteiger partial charge in [0.1, 0.15) is 36.5 Å². The average Bonchev–Trinajstić information content (AvgIpc) is 2.87. The normalized spacial score (nSPS) is 15.2. The first-order valence-electron chi connectivity index (χ1n) is 10.8. The number of hydrogen-bond donors (Lipinski definition) is 6. The van der Waals surface area contributed by atoms with Crippen molar-refractivity contribution in [3.63, 3.8) is 0 Å². The Balaban J connectivity index is 0. The van der Waals surface area contributed by atoms with Gasteiger partial charge in [-0.2, -0.15) is 0 Å². The van der Waals surface area contributed by atoms with E-state index in [0.29, 0.717) is 0 Å². The van der Waals surface area contributed by atoms with Crippen LogP contribution in [0.2, 0.25) is 0 Å². The molecule has 0 spiro atoms. The molecule has 2 aromatic rings. The van der Waals surface area contributed by atoms with Crippen LogP contribution in [0.15, 0.2) is 60.7 Å². The number of carboxylic acid groups (broad SMARTS) is 2. The molecule has 0 aliphatic carbocycles. The van der Waals surface area contributed by atoms with Crippen molar-refractivity contribution in [1.29, 1.82) is 0 Å². The zero-order valence-corrected chi connectivity index (χ0v) is 20.3. The predicted octanol–water partition coefficient (Wildman–Crippen LogP) is -5.01. The second-order valence-corrected chi connectivity index (χ2v) is 7.62. The molecule has 0 saturated carbocycles. The minimum atomic E-state index is -2.44. The monoisotopic (exact) mass is 498 g/mol. The van der Waals surface area contributed by atoms with Crippen LogP contribution in [0.1, 0.15) is 37.2 Å². The van der Waals surface area contributed by atoms with Crippen LogP contribution in [0.4, 0.5) is 0 Å². The number of carbonyl (C=O) groups is 2. The third-order valence-corrected chi connectivity index (χ3v) is 5.11. The van der Waals surface area contributed by atoms with Crippen LogP contribution in [0, 0.1) is 0 Å². The van der Waals surface area contributed by atoms with E-state index in [-0.39, 0.29) is 29.8 Å². The van der Waals surface area contributed by atoms with Gasteiger partial charge in [0.15, 0.2) is 0 Å². The van der Waals surface area contributed by atoms with Crippen molar-refractivity contribution in [2.75, 3.05) is 14.1 Å². The molecule has 2 aromatic carbocycles. The molecule has 0 amide bonds. The number of aliphatic hydroxyl groups excluding tert-OH is 4. The zero-order valence-electron chi connectivity index (χ0n) is 20.3. The quantitative estimate of drug-likeness (QED) is 0.196. The topological polar surface area (TPSA) is 226 Å². The summed E-state index contributed by atoms with van der Waals surface area (Å²) in [7, 11) is 3.94. The number of benzene rings is 2. The second kappa shape index (κ2) is 18.4. The predicted molar refractivity (Wildman–Crippen MR) is 123 cm³/mol. The SMILES string of the molecule is C[NH2+][C@H](C)[C@@H](O)c1ccccc1.C[NH2+][C@H](C)[C@@H](O)c1ccccc1.O.O=C([O-])[C@H](O)[C@@H](O)C(=O)[O-]. The van der Waals surface area contributed by atoms with Gasteiger partial charge in [0.2, 0.25) is 0 Å². The number of rotatable bonds is 9. The number of carbonyl (C=O) groups excluding carboxylic acids is 2. The summed E-state index contributed by atoms with van der Waals surface area (Å²) in [4.78, 5) is 19.3. The van der Waals surface area contributed by atoms with E-state index in [4.69, 9.17) is 10.2 Å². The lowest BCUT2D eigenvalue weighted by Gasteiger charge is -2.18. The Morgan fingerprint density at radius 2 is 0.914 bits per heavy atom. The van der Waals surface area contributed by atoms with E-state index in [1.165, 1.54) is 0 Å². The van der Waals surface area contributed by atoms with Crippen LogP contribution < -0.4 is 20.8 Å². The van der Waals surface area contributed by atoms with E-state index in [2.05, 4.69) is 0 Å². The van der Waals surface area contributed by atoms with Crippen molar-refractivity contribution >= 4 is 11.9 Å². The van der Waals surface area contributed by atoms with Crippen molar-refractivity contribution < 1.29 is 56.3 Å². The summed E-state index contributed by atoms with van der Waals surface area (Å²) in [5.74, 6) is -4.12. The minimum absolute atomic E-state index is 0. The molecule has 11 nitrogen and oxygen atoms in total. The maximum absolute atomic E-state index is 9.76. The molecule has 0 unspecified atom stereocenters. The first kappa shape index (κ1) is 34.3. The fourth-order valence-corrected chi connectivity index (χ4v) is 2.53. The Hall–Kier alpha value is -2.90. The van der Waals surface area contributed by atoms with Gasteiger partial charge in [-0.05, 0) is 25.0 Å². The van der Waals surface area contributed by atoms with E-state index in [9.17, 15) is 30.0 Å². The van der Waals surface area contributed by atoms with Crippen molar-refractivity contribution in [3.05, 3.63) is 71.8 Å². The molecule has 198 valence electrons. The lowest BCUT2D eigenvalue weighted by molar-refractivity contribution is -0.669. The van der Waals surface area contributed by atoms with Crippen molar-refractivity contribution in [1.82, 2.24) is 0 Å². The highest BCUT2D eigenvalue weighted by atomic mass is 16.4. The number of carboxylic acids is 2. The highest BCUT2D eigenvalue weighted by Crippen LogP contribution is 2.14. The summed E-state index contributed by atoms with van der Waals surface area (Å²) < 4.78 is 0. The largest absolute Gasteiger partial charge is 0.547 e. The first-order chi connectivity index (χ1) is 16.0. The lowest BCUT2D eigenvalue weighted by atomic mass is 10.0. The van der Waals surface area contributed by atoms with Gasteiger partial charge in [-0.15, -0.1) is 0 Å². The molecule has 35 heavy (non-hydrogen) atoms. The molecule has 6 atom stereocenters. The van der Waals surface area contributed by atoms with Gasteiger partial charge in [-0.3, -0.25) is 0 Å². The van der Waals surface area contributed by atoms with Crippen LogP contribution in [-0.2, 0) is 9.59 Å². The highest BCUT2D eigenvalue weighted by molar-refractivity contribution is 5.80. The maximum atomic E-state index is 9.76. The molecule has 0 heterocycles. The molecule has 2 rings (SSSR count). The van der Waals surface area contributed by atoms with Gasteiger partial charge < -0.3 is 56.3 Å². The molecular weight excluding hydrogens is 460 g/mol. The van der Waals surface area contributed by atoms with E-state index in [1.807, 2.05) is 99.2 Å². The molecular formula is C24H38N2O9. The van der Waals surface area contributed by atoms with Crippen LogP contribution in [0.3, 0.4) is 0 Å². The molecule has 0 aliphatic heterocycles. The number of aliphatic hydroxyl groups is 4. The van der Waals surface area contributed by atoms with E-state index in [1.54, 1.807) is 0 Å². The smallest absolute Gasteiger partial charge is 0.130 e. The summed E-state index contributed by atoms with van der Waals surface area (Å²) in [6, 6.07) is 19.9. The molecule has 0 aromatic heterocycles.